The molecule has 0 amide bonds. The van der Waals surface area contributed by atoms with E-state index >= 15 is 0 Å². The summed E-state index contributed by atoms with van der Waals surface area (Å²) < 4.78 is 0. The zero-order valence-electron chi connectivity index (χ0n) is 9.66. The number of carbonyl (C=O) groups is 1. The van der Waals surface area contributed by atoms with E-state index < -0.39 is 0 Å². The summed E-state index contributed by atoms with van der Waals surface area (Å²) in [5.74, 6) is 0. The van der Waals surface area contributed by atoms with Gasteiger partial charge in [0.2, 0.25) is 5.12 Å². The van der Waals surface area contributed by atoms with Crippen LogP contribution in [0.15, 0.2) is 0 Å². The van der Waals surface area contributed by atoms with Gasteiger partial charge in [0.1, 0.15) is 0 Å². The normalized spacial score (nSPS) is 34.1. The first-order chi connectivity index (χ1) is 7.20. The molecule has 0 saturated carbocycles. The van der Waals surface area contributed by atoms with Crippen molar-refractivity contribution < 1.29 is 4.79 Å². The average molecular weight is 228 g/mol. The third-order valence-corrected chi connectivity index (χ3v) is 4.87. The van der Waals surface area contributed by atoms with E-state index in [4.69, 9.17) is 0 Å². The van der Waals surface area contributed by atoms with Gasteiger partial charge < -0.3 is 4.90 Å². The van der Waals surface area contributed by atoms with Gasteiger partial charge in [0, 0.05) is 6.54 Å². The summed E-state index contributed by atoms with van der Waals surface area (Å²) >= 11 is 1.59. The number of rotatable bonds is 2. The molecule has 2 rings (SSSR count). The molecule has 2 heterocycles. The second kappa shape index (κ2) is 4.44. The second-order valence-electron chi connectivity index (χ2n) is 4.41. The summed E-state index contributed by atoms with van der Waals surface area (Å²) in [6.45, 7) is 9.38. The van der Waals surface area contributed by atoms with Gasteiger partial charge in [0.25, 0.3) is 0 Å². The minimum atomic E-state index is 0.111. The van der Waals surface area contributed by atoms with Crippen LogP contribution >= 0.6 is 11.8 Å². The van der Waals surface area contributed by atoms with Crippen LogP contribution in [0.25, 0.3) is 0 Å². The van der Waals surface area contributed by atoms with Crippen LogP contribution in [-0.2, 0) is 4.79 Å². The molecule has 0 aromatic carbocycles. The molecule has 0 aromatic rings. The zero-order chi connectivity index (χ0) is 10.9. The Hall–Kier alpha value is -0.0600. The van der Waals surface area contributed by atoms with Crippen molar-refractivity contribution in [2.45, 2.75) is 31.6 Å². The molecule has 1 spiro atoms. The third-order valence-electron chi connectivity index (χ3n) is 3.54. The van der Waals surface area contributed by atoms with E-state index in [9.17, 15) is 4.79 Å². The number of carbonyl (C=O) groups excluding carboxylic acids is 1. The van der Waals surface area contributed by atoms with Crippen LogP contribution in [0.4, 0.5) is 0 Å². The van der Waals surface area contributed by atoms with Gasteiger partial charge in [-0.25, -0.2) is 0 Å². The van der Waals surface area contributed by atoms with E-state index in [-0.39, 0.29) is 4.87 Å². The molecule has 0 radical (unpaired) electrons. The molecule has 15 heavy (non-hydrogen) atoms. The highest BCUT2D eigenvalue weighted by Crippen LogP contribution is 2.42. The molecule has 1 unspecified atom stereocenters. The van der Waals surface area contributed by atoms with Crippen LogP contribution < -0.4 is 0 Å². The second-order valence-corrected chi connectivity index (χ2v) is 5.83. The number of piperidine rings is 1. The van der Waals surface area contributed by atoms with Gasteiger partial charge in [-0.15, -0.1) is 0 Å². The first-order valence-corrected chi connectivity index (χ1v) is 6.71. The predicted molar refractivity (Wildman–Crippen MR) is 63.9 cm³/mol. The first kappa shape index (κ1) is 11.4. The van der Waals surface area contributed by atoms with E-state index in [1.54, 1.807) is 11.8 Å². The van der Waals surface area contributed by atoms with Crippen LogP contribution in [0, 0.1) is 0 Å². The Kier molecular flexibility index (Phi) is 3.38. The zero-order valence-corrected chi connectivity index (χ0v) is 10.5. The first-order valence-electron chi connectivity index (χ1n) is 5.89. The number of thioether (sulfide) groups is 1. The van der Waals surface area contributed by atoms with E-state index in [1.165, 1.54) is 19.4 Å². The van der Waals surface area contributed by atoms with Crippen molar-refractivity contribution in [3.05, 3.63) is 0 Å². The maximum Gasteiger partial charge on any atom is 0.204 e. The Labute approximate surface area is 96.2 Å². The maximum atomic E-state index is 11.6. The molecule has 3 nitrogen and oxygen atoms in total. The molecular formula is C11H20N2OS. The minimum absolute atomic E-state index is 0.111. The highest BCUT2D eigenvalue weighted by atomic mass is 32.2. The number of nitrogens with zero attached hydrogens (tertiary/aromatic N) is 2. The fourth-order valence-corrected chi connectivity index (χ4v) is 4.17. The van der Waals surface area contributed by atoms with Gasteiger partial charge in [0.15, 0.2) is 0 Å². The number of likely N-dealkylation sites (tertiary alicyclic amines) is 1. The van der Waals surface area contributed by atoms with Gasteiger partial charge in [0.05, 0.1) is 11.4 Å². The predicted octanol–water partition coefficient (Wildman–Crippen LogP) is 1.39. The van der Waals surface area contributed by atoms with Gasteiger partial charge in [-0.2, -0.15) is 0 Å². The number of hydrogen-bond donors (Lipinski definition) is 0. The standard InChI is InChI=1S/C11H20N2OS/c1-3-12-7-5-6-11(9-12)13(4-2)8-10(14)15-11/h3-9H2,1-2H3. The van der Waals surface area contributed by atoms with Gasteiger partial charge in [-0.1, -0.05) is 25.6 Å². The van der Waals surface area contributed by atoms with Crippen LogP contribution in [0.1, 0.15) is 26.7 Å². The molecule has 0 bridgehead atoms. The summed E-state index contributed by atoms with van der Waals surface area (Å²) in [7, 11) is 0. The molecule has 0 aliphatic carbocycles. The molecule has 2 fully saturated rings. The quantitative estimate of drug-likeness (QED) is 0.713. The molecule has 86 valence electrons. The van der Waals surface area contributed by atoms with Crippen LogP contribution in [-0.4, -0.2) is 52.5 Å². The van der Waals surface area contributed by atoms with E-state index in [2.05, 4.69) is 23.6 Å². The molecule has 0 N–H and O–H groups in total. The highest BCUT2D eigenvalue weighted by molar-refractivity contribution is 8.15. The van der Waals surface area contributed by atoms with Crippen LogP contribution in [0.2, 0.25) is 0 Å². The van der Waals surface area contributed by atoms with Gasteiger partial charge in [-0.3, -0.25) is 9.69 Å². The van der Waals surface area contributed by atoms with Crippen molar-refractivity contribution in [3.8, 4) is 0 Å². The number of hydrogen-bond acceptors (Lipinski definition) is 4. The Balaban J connectivity index is 2.13. The van der Waals surface area contributed by atoms with E-state index in [0.29, 0.717) is 11.7 Å². The lowest BCUT2D eigenvalue weighted by Crippen LogP contribution is -2.53. The molecular weight excluding hydrogens is 208 g/mol. The Bertz CT molecular complexity index is 259. The summed E-state index contributed by atoms with van der Waals surface area (Å²) in [4.78, 5) is 16.5. The Morgan fingerprint density at radius 2 is 2.20 bits per heavy atom. The van der Waals surface area contributed by atoms with Crippen LogP contribution in [0.3, 0.4) is 0 Å². The summed E-state index contributed by atoms with van der Waals surface area (Å²) in [5.41, 5.74) is 0. The van der Waals surface area contributed by atoms with Crippen molar-refractivity contribution >= 4 is 16.9 Å². The molecule has 2 aliphatic rings. The van der Waals surface area contributed by atoms with E-state index in [1.807, 2.05) is 0 Å². The summed E-state index contributed by atoms with van der Waals surface area (Å²) in [5, 5.41) is 0.356. The average Bonchev–Trinajstić information content (AvgIpc) is 2.54. The minimum Gasteiger partial charge on any atom is -0.301 e. The SMILES string of the molecule is CCN1CCCC2(C1)SC(=O)CN2CC. The van der Waals surface area contributed by atoms with Crippen molar-refractivity contribution in [1.29, 1.82) is 0 Å². The van der Waals surface area contributed by atoms with Gasteiger partial charge >= 0.3 is 0 Å². The van der Waals surface area contributed by atoms with Crippen molar-refractivity contribution in [3.63, 3.8) is 0 Å². The lowest BCUT2D eigenvalue weighted by atomic mass is 10.0. The van der Waals surface area contributed by atoms with Crippen molar-refractivity contribution in [1.82, 2.24) is 9.80 Å². The Morgan fingerprint density at radius 3 is 2.87 bits per heavy atom. The lowest BCUT2D eigenvalue weighted by molar-refractivity contribution is -0.111. The molecule has 2 aliphatic heterocycles. The van der Waals surface area contributed by atoms with E-state index in [0.717, 1.165) is 19.6 Å². The topological polar surface area (TPSA) is 23.6 Å². The van der Waals surface area contributed by atoms with Crippen LogP contribution in [0.5, 0.6) is 0 Å². The monoisotopic (exact) mass is 228 g/mol. The lowest BCUT2D eigenvalue weighted by Gasteiger charge is -2.43. The summed E-state index contributed by atoms with van der Waals surface area (Å²) in [6, 6.07) is 0. The molecule has 2 saturated heterocycles. The fourth-order valence-electron chi connectivity index (χ4n) is 2.71. The Morgan fingerprint density at radius 1 is 1.40 bits per heavy atom. The molecule has 0 aromatic heterocycles. The number of likely N-dealkylation sites (N-methyl/N-ethyl adjacent to an activating group) is 2. The third kappa shape index (κ3) is 2.08. The highest BCUT2D eigenvalue weighted by Gasteiger charge is 2.47. The maximum absolute atomic E-state index is 11.6. The van der Waals surface area contributed by atoms with Crippen molar-refractivity contribution in [2.75, 3.05) is 32.7 Å². The van der Waals surface area contributed by atoms with Gasteiger partial charge in [-0.05, 0) is 32.5 Å². The smallest absolute Gasteiger partial charge is 0.204 e. The molecule has 1 atom stereocenters. The van der Waals surface area contributed by atoms with Crippen molar-refractivity contribution in [2.24, 2.45) is 0 Å². The largest absolute Gasteiger partial charge is 0.301 e. The fraction of sp³-hybridized carbons (Fsp3) is 0.909. The summed E-state index contributed by atoms with van der Waals surface area (Å²) in [6.07, 6.45) is 2.40. The molecule has 4 heteroatoms.